The summed E-state index contributed by atoms with van der Waals surface area (Å²) in [6.07, 6.45) is 0.966. The van der Waals surface area contributed by atoms with Crippen LogP contribution < -0.4 is 10.0 Å². The first-order valence-corrected chi connectivity index (χ1v) is 12.2. The monoisotopic (exact) mass is 470 g/mol. The number of aryl methyl sites for hydroxylation is 1. The zero-order valence-electron chi connectivity index (χ0n) is 18.4. The topological polar surface area (TPSA) is 75.3 Å². The summed E-state index contributed by atoms with van der Waals surface area (Å²) >= 11 is 6.03. The van der Waals surface area contributed by atoms with Gasteiger partial charge >= 0.3 is 0 Å². The van der Waals surface area contributed by atoms with Gasteiger partial charge in [-0.15, -0.1) is 0 Å². The summed E-state index contributed by atoms with van der Waals surface area (Å²) in [7, 11) is -3.79. The van der Waals surface area contributed by atoms with E-state index in [9.17, 15) is 13.2 Å². The van der Waals surface area contributed by atoms with Gasteiger partial charge in [-0.2, -0.15) is 0 Å². The molecule has 0 aliphatic heterocycles. The van der Waals surface area contributed by atoms with Gasteiger partial charge in [0, 0.05) is 12.1 Å². The van der Waals surface area contributed by atoms with E-state index in [0.29, 0.717) is 29.2 Å². The van der Waals surface area contributed by atoms with Crippen LogP contribution in [0.3, 0.4) is 0 Å². The summed E-state index contributed by atoms with van der Waals surface area (Å²) < 4.78 is 27.6. The normalized spacial score (nSPS) is 11.8. The minimum absolute atomic E-state index is 0.0781. The first kappa shape index (κ1) is 23.8. The van der Waals surface area contributed by atoms with Crippen LogP contribution in [-0.2, 0) is 26.7 Å². The van der Waals surface area contributed by atoms with E-state index >= 15 is 0 Å². The van der Waals surface area contributed by atoms with Crippen molar-refractivity contribution in [1.29, 1.82) is 0 Å². The van der Waals surface area contributed by atoms with Gasteiger partial charge in [0.05, 0.1) is 15.6 Å². The predicted octanol–water partition coefficient (Wildman–Crippen LogP) is 6.01. The molecule has 3 aromatic carbocycles. The third-order valence-corrected chi connectivity index (χ3v) is 6.74. The highest BCUT2D eigenvalue weighted by molar-refractivity contribution is 7.92. The van der Waals surface area contributed by atoms with Crippen LogP contribution in [0.2, 0.25) is 5.02 Å². The molecule has 0 radical (unpaired) electrons. The molecule has 0 aliphatic carbocycles. The van der Waals surface area contributed by atoms with Crippen LogP contribution in [0.25, 0.3) is 0 Å². The highest BCUT2D eigenvalue weighted by Crippen LogP contribution is 2.25. The van der Waals surface area contributed by atoms with Crippen molar-refractivity contribution in [3.8, 4) is 0 Å². The number of benzene rings is 3. The first-order chi connectivity index (χ1) is 15.0. The number of nitrogens with one attached hydrogen (secondary N) is 2. The SMILES string of the molecule is CC(C)(C)c1ccc(CCC(=O)Nc2ccc(S(=O)(=O)Nc3ccccc3Cl)cc2)cc1. The highest BCUT2D eigenvalue weighted by atomic mass is 35.5. The fourth-order valence-corrected chi connectivity index (χ4v) is 4.44. The van der Waals surface area contributed by atoms with Crippen molar-refractivity contribution >= 4 is 38.9 Å². The van der Waals surface area contributed by atoms with Gasteiger partial charge in [-0.3, -0.25) is 9.52 Å². The number of para-hydroxylation sites is 1. The van der Waals surface area contributed by atoms with Crippen molar-refractivity contribution in [2.45, 2.75) is 43.9 Å². The van der Waals surface area contributed by atoms with E-state index in [0.717, 1.165) is 5.56 Å². The Balaban J connectivity index is 1.57. The maximum atomic E-state index is 12.6. The molecule has 0 heterocycles. The van der Waals surface area contributed by atoms with Crippen molar-refractivity contribution in [2.75, 3.05) is 10.0 Å². The van der Waals surface area contributed by atoms with Crippen molar-refractivity contribution in [2.24, 2.45) is 0 Å². The summed E-state index contributed by atoms with van der Waals surface area (Å²) in [5.74, 6) is -0.130. The molecule has 0 bridgehead atoms. The molecule has 0 aliphatic rings. The van der Waals surface area contributed by atoms with Crippen LogP contribution in [0.4, 0.5) is 11.4 Å². The van der Waals surface area contributed by atoms with Gasteiger partial charge in [0.2, 0.25) is 5.91 Å². The fraction of sp³-hybridized carbons (Fsp3) is 0.240. The van der Waals surface area contributed by atoms with E-state index in [4.69, 9.17) is 11.6 Å². The van der Waals surface area contributed by atoms with Gasteiger partial charge in [-0.1, -0.05) is 68.8 Å². The minimum Gasteiger partial charge on any atom is -0.326 e. The largest absolute Gasteiger partial charge is 0.326 e. The Morgan fingerprint density at radius 2 is 1.53 bits per heavy atom. The number of anilines is 2. The van der Waals surface area contributed by atoms with Gasteiger partial charge in [0.15, 0.2) is 0 Å². The van der Waals surface area contributed by atoms with E-state index in [1.165, 1.54) is 17.7 Å². The summed E-state index contributed by atoms with van der Waals surface area (Å²) in [5.41, 5.74) is 3.29. The van der Waals surface area contributed by atoms with Crippen LogP contribution in [0.5, 0.6) is 0 Å². The van der Waals surface area contributed by atoms with Crippen LogP contribution in [0.15, 0.2) is 77.7 Å². The lowest BCUT2D eigenvalue weighted by Gasteiger charge is -2.19. The first-order valence-electron chi connectivity index (χ1n) is 10.3. The van der Waals surface area contributed by atoms with Crippen molar-refractivity contribution in [3.05, 3.63) is 88.9 Å². The lowest BCUT2D eigenvalue weighted by molar-refractivity contribution is -0.116. The molecule has 0 atom stereocenters. The highest BCUT2D eigenvalue weighted by Gasteiger charge is 2.16. The molecule has 3 rings (SSSR count). The van der Waals surface area contributed by atoms with Gasteiger partial charge in [0.25, 0.3) is 10.0 Å². The lowest BCUT2D eigenvalue weighted by Crippen LogP contribution is -2.14. The number of rotatable bonds is 7. The van der Waals surface area contributed by atoms with Crippen LogP contribution >= 0.6 is 11.6 Å². The summed E-state index contributed by atoms with van der Waals surface area (Å²) in [4.78, 5) is 12.4. The molecule has 2 N–H and O–H groups in total. The Bertz CT molecular complexity index is 1180. The van der Waals surface area contributed by atoms with Gasteiger partial charge in [-0.25, -0.2) is 8.42 Å². The second kappa shape index (κ2) is 9.76. The third-order valence-electron chi connectivity index (χ3n) is 5.03. The quantitative estimate of drug-likeness (QED) is 0.444. The maximum absolute atomic E-state index is 12.6. The van der Waals surface area contributed by atoms with Gasteiger partial charge in [0.1, 0.15) is 0 Å². The van der Waals surface area contributed by atoms with E-state index < -0.39 is 10.0 Å². The van der Waals surface area contributed by atoms with Gasteiger partial charge < -0.3 is 5.32 Å². The Morgan fingerprint density at radius 1 is 0.906 bits per heavy atom. The molecule has 168 valence electrons. The van der Waals surface area contributed by atoms with Crippen LogP contribution in [0, 0.1) is 0 Å². The number of sulfonamides is 1. The zero-order chi connectivity index (χ0) is 23.4. The Morgan fingerprint density at radius 3 is 2.12 bits per heavy atom. The van der Waals surface area contributed by atoms with E-state index in [1.54, 1.807) is 36.4 Å². The fourth-order valence-electron chi connectivity index (χ4n) is 3.12. The molecule has 1 amide bonds. The summed E-state index contributed by atoms with van der Waals surface area (Å²) in [6, 6.07) is 20.9. The Hall–Kier alpha value is -2.83. The molecule has 0 saturated heterocycles. The van der Waals surface area contributed by atoms with Crippen LogP contribution in [-0.4, -0.2) is 14.3 Å². The average Bonchev–Trinajstić information content (AvgIpc) is 2.74. The van der Waals surface area contributed by atoms with Crippen molar-refractivity contribution in [1.82, 2.24) is 0 Å². The summed E-state index contributed by atoms with van der Waals surface area (Å²) in [6.45, 7) is 6.50. The lowest BCUT2D eigenvalue weighted by atomic mass is 9.86. The van der Waals surface area contributed by atoms with Crippen molar-refractivity contribution in [3.63, 3.8) is 0 Å². The molecular weight excluding hydrogens is 444 g/mol. The third kappa shape index (κ3) is 6.34. The Kier molecular flexibility index (Phi) is 7.26. The van der Waals surface area contributed by atoms with Crippen LogP contribution in [0.1, 0.15) is 38.3 Å². The molecule has 5 nitrogen and oxygen atoms in total. The number of amides is 1. The minimum atomic E-state index is -3.79. The molecule has 0 spiro atoms. The standard InChI is InChI=1S/C25H27ClN2O3S/c1-25(2,3)19-11-8-18(9-12-19)10-17-24(29)27-20-13-15-21(16-14-20)32(30,31)28-23-7-5-4-6-22(23)26/h4-9,11-16,28H,10,17H2,1-3H3,(H,27,29). The second-order valence-corrected chi connectivity index (χ2v) is 10.7. The maximum Gasteiger partial charge on any atom is 0.261 e. The second-order valence-electron chi connectivity index (χ2n) is 8.60. The molecule has 3 aromatic rings. The zero-order valence-corrected chi connectivity index (χ0v) is 19.9. The smallest absolute Gasteiger partial charge is 0.261 e. The molecular formula is C25H27ClN2O3S. The average molecular weight is 471 g/mol. The number of carbonyl (C=O) groups is 1. The number of halogens is 1. The molecule has 0 saturated carbocycles. The molecule has 0 aromatic heterocycles. The van der Waals surface area contributed by atoms with E-state index in [-0.39, 0.29) is 16.2 Å². The number of hydrogen-bond donors (Lipinski definition) is 2. The summed E-state index contributed by atoms with van der Waals surface area (Å²) in [5, 5.41) is 3.12. The van der Waals surface area contributed by atoms with Gasteiger partial charge in [-0.05, 0) is 59.4 Å². The number of carbonyl (C=O) groups excluding carboxylic acids is 1. The van der Waals surface area contributed by atoms with E-state index in [1.807, 2.05) is 0 Å². The molecule has 32 heavy (non-hydrogen) atoms. The predicted molar refractivity (Wildman–Crippen MR) is 131 cm³/mol. The number of hydrogen-bond acceptors (Lipinski definition) is 3. The molecule has 0 fully saturated rings. The van der Waals surface area contributed by atoms with E-state index in [2.05, 4.69) is 55.1 Å². The Labute approximate surface area is 194 Å². The van der Waals surface area contributed by atoms with Crippen molar-refractivity contribution < 1.29 is 13.2 Å². The molecule has 0 unspecified atom stereocenters. The molecule has 7 heteroatoms.